The minimum atomic E-state index is -0.637. The number of hydrogen-bond acceptors (Lipinski definition) is 3. The van der Waals surface area contributed by atoms with E-state index in [-0.39, 0.29) is 0 Å². The third-order valence-corrected chi connectivity index (χ3v) is 3.61. The van der Waals surface area contributed by atoms with Gasteiger partial charge in [-0.3, -0.25) is 0 Å². The number of nitrogens with one attached hydrogen (secondary N) is 1. The van der Waals surface area contributed by atoms with Crippen LogP contribution in [0.1, 0.15) is 17.2 Å². The first kappa shape index (κ1) is 17.8. The summed E-state index contributed by atoms with van der Waals surface area (Å²) in [4.78, 5) is 6.49. The van der Waals surface area contributed by atoms with E-state index in [9.17, 15) is 5.11 Å². The molecule has 0 spiro atoms. The van der Waals surface area contributed by atoms with Crippen LogP contribution in [0.2, 0.25) is 0 Å². The van der Waals surface area contributed by atoms with Gasteiger partial charge in [0, 0.05) is 20.6 Å². The highest BCUT2D eigenvalue weighted by Crippen LogP contribution is 2.18. The van der Waals surface area contributed by atoms with Crippen LogP contribution in [-0.2, 0) is 6.54 Å². The average Bonchev–Trinajstić information content (AvgIpc) is 2.62. The van der Waals surface area contributed by atoms with Crippen LogP contribution < -0.4 is 10.1 Å². The Kier molecular flexibility index (Phi) is 6.63. The summed E-state index contributed by atoms with van der Waals surface area (Å²) in [5, 5.41) is 13.6. The zero-order chi connectivity index (χ0) is 17.4. The monoisotopic (exact) mass is 327 g/mol. The maximum absolute atomic E-state index is 10.4. The predicted molar refractivity (Wildman–Crippen MR) is 97.2 cm³/mol. The molecule has 0 aliphatic carbocycles. The fourth-order valence-corrected chi connectivity index (χ4v) is 2.26. The molecular formula is C19H25N3O2. The van der Waals surface area contributed by atoms with Crippen LogP contribution in [0.5, 0.6) is 5.75 Å². The van der Waals surface area contributed by atoms with Crippen LogP contribution in [0.25, 0.3) is 0 Å². The van der Waals surface area contributed by atoms with Crippen LogP contribution in [-0.4, -0.2) is 43.7 Å². The molecule has 128 valence electrons. The van der Waals surface area contributed by atoms with Crippen molar-refractivity contribution in [3.63, 3.8) is 0 Å². The highest BCUT2D eigenvalue weighted by Gasteiger charge is 2.10. The molecule has 0 saturated carbocycles. The fraction of sp³-hybridized carbons (Fsp3) is 0.316. The molecule has 2 aromatic carbocycles. The summed E-state index contributed by atoms with van der Waals surface area (Å²) in [6.07, 6.45) is -0.637. The standard InChI is InChI=1S/C19H25N3O2/c1-22(2)19(20-13-15-8-5-4-6-9-15)21-14-18(23)16-10-7-11-17(12-16)24-3/h4-12,18,23H,13-14H2,1-3H3,(H,20,21). The third kappa shape index (κ3) is 5.28. The molecule has 2 rings (SSSR count). The molecule has 0 aromatic heterocycles. The van der Waals surface area contributed by atoms with Crippen molar-refractivity contribution in [3.8, 4) is 5.75 Å². The minimum Gasteiger partial charge on any atom is -0.497 e. The highest BCUT2D eigenvalue weighted by molar-refractivity contribution is 5.79. The van der Waals surface area contributed by atoms with Crippen molar-refractivity contribution < 1.29 is 9.84 Å². The molecule has 0 aliphatic rings. The molecule has 0 saturated heterocycles. The predicted octanol–water partition coefficient (Wildman–Crippen LogP) is 2.44. The number of aliphatic imine (C=N–C) groups is 1. The Morgan fingerprint density at radius 1 is 1.17 bits per heavy atom. The SMILES string of the molecule is COc1cccc(C(O)CNC(=NCc2ccccc2)N(C)C)c1. The number of methoxy groups -OCH3 is 1. The van der Waals surface area contributed by atoms with E-state index in [2.05, 4.69) is 10.3 Å². The number of hydrogen-bond donors (Lipinski definition) is 2. The van der Waals surface area contributed by atoms with Crippen molar-refractivity contribution in [3.05, 3.63) is 65.7 Å². The van der Waals surface area contributed by atoms with Gasteiger partial charge in [-0.15, -0.1) is 0 Å². The Morgan fingerprint density at radius 3 is 2.58 bits per heavy atom. The number of benzene rings is 2. The van der Waals surface area contributed by atoms with Gasteiger partial charge < -0.3 is 20.1 Å². The molecule has 2 N–H and O–H groups in total. The lowest BCUT2D eigenvalue weighted by Gasteiger charge is -2.20. The largest absolute Gasteiger partial charge is 0.497 e. The quantitative estimate of drug-likeness (QED) is 0.632. The first-order chi connectivity index (χ1) is 11.6. The van der Waals surface area contributed by atoms with Crippen molar-refractivity contribution in [1.82, 2.24) is 10.2 Å². The second kappa shape index (κ2) is 8.93. The second-order valence-corrected chi connectivity index (χ2v) is 5.69. The summed E-state index contributed by atoms with van der Waals surface area (Å²) >= 11 is 0. The van der Waals surface area contributed by atoms with Crippen molar-refractivity contribution in [2.75, 3.05) is 27.7 Å². The molecule has 5 heteroatoms. The van der Waals surface area contributed by atoms with Crippen molar-refractivity contribution in [2.45, 2.75) is 12.6 Å². The number of rotatable bonds is 6. The lowest BCUT2D eigenvalue weighted by atomic mass is 10.1. The Hall–Kier alpha value is -2.53. The Balaban J connectivity index is 1.97. The molecule has 0 bridgehead atoms. The van der Waals surface area contributed by atoms with Gasteiger partial charge in [-0.2, -0.15) is 0 Å². The van der Waals surface area contributed by atoms with E-state index in [0.717, 1.165) is 22.8 Å². The Morgan fingerprint density at radius 2 is 1.92 bits per heavy atom. The number of guanidine groups is 1. The molecule has 0 radical (unpaired) electrons. The van der Waals surface area contributed by atoms with E-state index in [1.165, 1.54) is 0 Å². The minimum absolute atomic E-state index is 0.374. The summed E-state index contributed by atoms with van der Waals surface area (Å²) in [5.74, 6) is 1.47. The fourth-order valence-electron chi connectivity index (χ4n) is 2.26. The van der Waals surface area contributed by atoms with Crippen LogP contribution in [0.3, 0.4) is 0 Å². The normalized spacial score (nSPS) is 12.6. The highest BCUT2D eigenvalue weighted by atomic mass is 16.5. The van der Waals surface area contributed by atoms with Crippen molar-refractivity contribution in [1.29, 1.82) is 0 Å². The van der Waals surface area contributed by atoms with E-state index >= 15 is 0 Å². The van der Waals surface area contributed by atoms with Crippen LogP contribution in [0, 0.1) is 0 Å². The van der Waals surface area contributed by atoms with E-state index in [1.807, 2.05) is 73.6 Å². The van der Waals surface area contributed by atoms with Gasteiger partial charge in [0.15, 0.2) is 5.96 Å². The van der Waals surface area contributed by atoms with Gasteiger partial charge in [0.1, 0.15) is 5.75 Å². The Labute approximate surface area is 143 Å². The van der Waals surface area contributed by atoms with E-state index < -0.39 is 6.10 Å². The molecule has 0 heterocycles. The van der Waals surface area contributed by atoms with Gasteiger partial charge in [-0.25, -0.2) is 4.99 Å². The lowest BCUT2D eigenvalue weighted by Crippen LogP contribution is -2.38. The van der Waals surface area contributed by atoms with Gasteiger partial charge in [0.2, 0.25) is 0 Å². The number of nitrogens with zero attached hydrogens (tertiary/aromatic N) is 2. The van der Waals surface area contributed by atoms with Crippen LogP contribution >= 0.6 is 0 Å². The molecule has 0 amide bonds. The number of aliphatic hydroxyl groups is 1. The molecule has 1 unspecified atom stereocenters. The first-order valence-electron chi connectivity index (χ1n) is 7.91. The summed E-state index contributed by atoms with van der Waals surface area (Å²) in [6.45, 7) is 0.968. The van der Waals surface area contributed by atoms with E-state index in [4.69, 9.17) is 4.74 Å². The smallest absolute Gasteiger partial charge is 0.193 e. The second-order valence-electron chi connectivity index (χ2n) is 5.69. The molecule has 1 atom stereocenters. The maximum atomic E-state index is 10.4. The summed E-state index contributed by atoms with van der Waals surface area (Å²) < 4.78 is 5.19. The summed E-state index contributed by atoms with van der Waals surface area (Å²) in [6, 6.07) is 17.5. The van der Waals surface area contributed by atoms with Gasteiger partial charge in [0.05, 0.1) is 19.8 Å². The number of aliphatic hydroxyl groups excluding tert-OH is 1. The molecule has 0 fully saturated rings. The third-order valence-electron chi connectivity index (χ3n) is 3.61. The first-order valence-corrected chi connectivity index (χ1v) is 7.91. The molecule has 5 nitrogen and oxygen atoms in total. The van der Waals surface area contributed by atoms with Crippen molar-refractivity contribution >= 4 is 5.96 Å². The summed E-state index contributed by atoms with van der Waals surface area (Å²) in [5.41, 5.74) is 1.95. The van der Waals surface area contributed by atoms with Gasteiger partial charge in [-0.1, -0.05) is 42.5 Å². The lowest BCUT2D eigenvalue weighted by molar-refractivity contribution is 0.179. The van der Waals surface area contributed by atoms with Gasteiger partial charge in [0.25, 0.3) is 0 Å². The van der Waals surface area contributed by atoms with E-state index in [0.29, 0.717) is 13.1 Å². The van der Waals surface area contributed by atoms with Gasteiger partial charge in [-0.05, 0) is 23.3 Å². The van der Waals surface area contributed by atoms with Crippen molar-refractivity contribution in [2.24, 2.45) is 4.99 Å². The maximum Gasteiger partial charge on any atom is 0.193 e. The zero-order valence-electron chi connectivity index (χ0n) is 14.4. The van der Waals surface area contributed by atoms with E-state index in [1.54, 1.807) is 7.11 Å². The average molecular weight is 327 g/mol. The van der Waals surface area contributed by atoms with Gasteiger partial charge >= 0.3 is 0 Å². The summed E-state index contributed by atoms with van der Waals surface area (Å²) in [7, 11) is 5.47. The number of ether oxygens (including phenoxy) is 1. The van der Waals surface area contributed by atoms with Crippen LogP contribution in [0.15, 0.2) is 59.6 Å². The van der Waals surface area contributed by atoms with Crippen LogP contribution in [0.4, 0.5) is 0 Å². The molecular weight excluding hydrogens is 302 g/mol. The molecule has 24 heavy (non-hydrogen) atoms. The zero-order valence-corrected chi connectivity index (χ0v) is 14.4. The molecule has 2 aromatic rings. The Bertz CT molecular complexity index is 657. The topological polar surface area (TPSA) is 57.1 Å². The molecule has 0 aliphatic heterocycles.